The lowest BCUT2D eigenvalue weighted by molar-refractivity contribution is -0.146. The molecule has 1 aliphatic heterocycles. The number of nitrogens with one attached hydrogen (secondary N) is 2. The minimum Gasteiger partial charge on any atom is -0.465 e. The zero-order chi connectivity index (χ0) is 24.4. The van der Waals surface area contributed by atoms with Gasteiger partial charge in [-0.3, -0.25) is 25.0 Å². The zero-order valence-corrected chi connectivity index (χ0v) is 20.0. The SMILES string of the molecule is C=CCS(=O)(=O)N1CCC[C@H]1C(=O)NC(=O)[C@H](C)NC(CCc1ccccc1)C(=O)OCC. The molecule has 182 valence electrons. The molecule has 3 atom stereocenters. The molecule has 33 heavy (non-hydrogen) atoms. The number of hydrogen-bond donors (Lipinski definition) is 2. The molecule has 0 radical (unpaired) electrons. The lowest BCUT2D eigenvalue weighted by atomic mass is 10.0. The molecule has 0 saturated carbocycles. The van der Waals surface area contributed by atoms with Gasteiger partial charge in [-0.1, -0.05) is 36.4 Å². The molecule has 2 N–H and O–H groups in total. The standard InChI is InChI=1S/C23H33N3O6S/c1-4-16-33(30,31)26-15-9-12-20(26)22(28)25-21(27)17(3)24-19(23(29)32-5-2)14-13-18-10-7-6-8-11-18/h4,6-8,10-11,17,19-20,24H,1,5,9,12-16H2,2-3H3,(H,25,27,28)/t17-,19?,20-/m0/s1. The Kier molecular flexibility index (Phi) is 10.2. The summed E-state index contributed by atoms with van der Waals surface area (Å²) in [6, 6.07) is 7.06. The van der Waals surface area contributed by atoms with Crippen molar-refractivity contribution in [2.24, 2.45) is 0 Å². The summed E-state index contributed by atoms with van der Waals surface area (Å²) in [7, 11) is -3.66. The molecule has 1 aromatic rings. The fraction of sp³-hybridized carbons (Fsp3) is 0.522. The first-order valence-corrected chi connectivity index (χ1v) is 12.7. The van der Waals surface area contributed by atoms with Crippen LogP contribution in [0.25, 0.3) is 0 Å². The molecule has 2 rings (SSSR count). The third-order valence-electron chi connectivity index (χ3n) is 5.42. The molecule has 9 nitrogen and oxygen atoms in total. The number of carbonyl (C=O) groups is 3. The summed E-state index contributed by atoms with van der Waals surface area (Å²) in [5, 5.41) is 5.24. The van der Waals surface area contributed by atoms with E-state index in [0.29, 0.717) is 25.7 Å². The average Bonchev–Trinajstić information content (AvgIpc) is 3.28. The summed E-state index contributed by atoms with van der Waals surface area (Å²) in [4.78, 5) is 37.7. The van der Waals surface area contributed by atoms with Crippen LogP contribution in [0.3, 0.4) is 0 Å². The molecule has 1 aliphatic rings. The second kappa shape index (κ2) is 12.6. The van der Waals surface area contributed by atoms with E-state index in [2.05, 4.69) is 17.2 Å². The van der Waals surface area contributed by atoms with Gasteiger partial charge in [0.1, 0.15) is 12.1 Å². The lowest BCUT2D eigenvalue weighted by Gasteiger charge is -2.24. The molecule has 1 fully saturated rings. The van der Waals surface area contributed by atoms with E-state index in [1.54, 1.807) is 6.92 Å². The Hall–Kier alpha value is -2.56. The molecular weight excluding hydrogens is 446 g/mol. The Morgan fingerprint density at radius 3 is 2.61 bits per heavy atom. The number of esters is 1. The molecule has 0 bridgehead atoms. The number of ether oxygens (including phenoxy) is 1. The number of benzene rings is 1. The molecular formula is C23H33N3O6S. The van der Waals surface area contributed by atoms with E-state index in [4.69, 9.17) is 4.74 Å². The van der Waals surface area contributed by atoms with Crippen molar-refractivity contribution in [2.45, 2.75) is 57.7 Å². The Bertz CT molecular complexity index is 935. The van der Waals surface area contributed by atoms with Crippen LogP contribution < -0.4 is 10.6 Å². The number of amides is 2. The summed E-state index contributed by atoms with van der Waals surface area (Å²) in [5.41, 5.74) is 1.04. The summed E-state index contributed by atoms with van der Waals surface area (Å²) >= 11 is 0. The van der Waals surface area contributed by atoms with Gasteiger partial charge in [0.2, 0.25) is 21.8 Å². The van der Waals surface area contributed by atoms with Crippen LogP contribution in [0.2, 0.25) is 0 Å². The zero-order valence-electron chi connectivity index (χ0n) is 19.2. The van der Waals surface area contributed by atoms with Crippen molar-refractivity contribution in [3.05, 3.63) is 48.6 Å². The highest BCUT2D eigenvalue weighted by molar-refractivity contribution is 7.89. The van der Waals surface area contributed by atoms with Gasteiger partial charge in [0.15, 0.2) is 0 Å². The Morgan fingerprint density at radius 2 is 1.97 bits per heavy atom. The minimum atomic E-state index is -3.66. The van der Waals surface area contributed by atoms with Gasteiger partial charge in [0.25, 0.3) is 0 Å². The maximum Gasteiger partial charge on any atom is 0.323 e. The number of rotatable bonds is 12. The van der Waals surface area contributed by atoms with E-state index in [9.17, 15) is 22.8 Å². The number of sulfonamides is 1. The normalized spacial score (nSPS) is 18.3. The van der Waals surface area contributed by atoms with Crippen LogP contribution in [0.5, 0.6) is 0 Å². The van der Waals surface area contributed by atoms with Crippen LogP contribution in [-0.4, -0.2) is 67.5 Å². The van der Waals surface area contributed by atoms with E-state index < -0.39 is 45.9 Å². The van der Waals surface area contributed by atoms with E-state index in [1.165, 1.54) is 13.0 Å². The quantitative estimate of drug-likeness (QED) is 0.341. The van der Waals surface area contributed by atoms with Crippen molar-refractivity contribution in [2.75, 3.05) is 18.9 Å². The van der Waals surface area contributed by atoms with Crippen LogP contribution in [0.4, 0.5) is 0 Å². The first kappa shape index (κ1) is 26.7. The van der Waals surface area contributed by atoms with Crippen LogP contribution in [0.1, 0.15) is 38.7 Å². The predicted molar refractivity (Wildman–Crippen MR) is 125 cm³/mol. The monoisotopic (exact) mass is 479 g/mol. The molecule has 1 aromatic carbocycles. The fourth-order valence-electron chi connectivity index (χ4n) is 3.74. The van der Waals surface area contributed by atoms with E-state index >= 15 is 0 Å². The van der Waals surface area contributed by atoms with Gasteiger partial charge in [-0.15, -0.1) is 6.58 Å². The minimum absolute atomic E-state index is 0.206. The first-order chi connectivity index (χ1) is 15.7. The van der Waals surface area contributed by atoms with Gasteiger partial charge in [-0.2, -0.15) is 4.31 Å². The molecule has 2 amide bonds. The van der Waals surface area contributed by atoms with Crippen LogP contribution in [0.15, 0.2) is 43.0 Å². The van der Waals surface area contributed by atoms with Crippen molar-refractivity contribution >= 4 is 27.8 Å². The van der Waals surface area contributed by atoms with Crippen molar-refractivity contribution < 1.29 is 27.5 Å². The summed E-state index contributed by atoms with van der Waals surface area (Å²) in [6.07, 6.45) is 3.14. The fourth-order valence-corrected chi connectivity index (χ4v) is 5.22. The number of nitrogens with zero attached hydrogens (tertiary/aromatic N) is 1. The summed E-state index contributed by atoms with van der Waals surface area (Å²) in [6.45, 7) is 7.11. The second-order valence-corrected chi connectivity index (χ2v) is 9.87. The molecule has 0 aliphatic carbocycles. The highest BCUT2D eigenvalue weighted by Crippen LogP contribution is 2.21. The van der Waals surface area contributed by atoms with Gasteiger partial charge in [-0.05, 0) is 45.1 Å². The topological polar surface area (TPSA) is 122 Å². The maximum atomic E-state index is 12.7. The van der Waals surface area contributed by atoms with Gasteiger partial charge in [0.05, 0.1) is 18.4 Å². The second-order valence-electron chi connectivity index (χ2n) is 7.91. The molecule has 0 spiro atoms. The largest absolute Gasteiger partial charge is 0.465 e. The lowest BCUT2D eigenvalue weighted by Crippen LogP contribution is -2.54. The Labute approximate surface area is 195 Å². The highest BCUT2D eigenvalue weighted by atomic mass is 32.2. The third kappa shape index (κ3) is 7.76. The Morgan fingerprint density at radius 1 is 1.27 bits per heavy atom. The van der Waals surface area contributed by atoms with Crippen LogP contribution in [-0.2, 0) is 35.6 Å². The van der Waals surface area contributed by atoms with Crippen molar-refractivity contribution in [1.82, 2.24) is 14.9 Å². The van der Waals surface area contributed by atoms with Gasteiger partial charge in [-0.25, -0.2) is 8.42 Å². The van der Waals surface area contributed by atoms with E-state index in [0.717, 1.165) is 9.87 Å². The highest BCUT2D eigenvalue weighted by Gasteiger charge is 2.39. The molecule has 1 saturated heterocycles. The van der Waals surface area contributed by atoms with Crippen molar-refractivity contribution in [3.63, 3.8) is 0 Å². The van der Waals surface area contributed by atoms with E-state index in [1.807, 2.05) is 30.3 Å². The first-order valence-electron chi connectivity index (χ1n) is 11.1. The summed E-state index contributed by atoms with van der Waals surface area (Å²) in [5.74, 6) is -2.06. The maximum absolute atomic E-state index is 12.7. The van der Waals surface area contributed by atoms with Gasteiger partial charge in [0, 0.05) is 6.54 Å². The average molecular weight is 480 g/mol. The van der Waals surface area contributed by atoms with Crippen LogP contribution in [0, 0.1) is 0 Å². The number of aryl methyl sites for hydroxylation is 1. The van der Waals surface area contributed by atoms with Crippen molar-refractivity contribution in [3.8, 4) is 0 Å². The molecule has 1 unspecified atom stereocenters. The smallest absolute Gasteiger partial charge is 0.323 e. The summed E-state index contributed by atoms with van der Waals surface area (Å²) < 4.78 is 31.0. The number of hydrogen-bond acceptors (Lipinski definition) is 7. The molecule has 10 heteroatoms. The number of carbonyl (C=O) groups excluding carboxylic acids is 3. The van der Waals surface area contributed by atoms with Crippen LogP contribution >= 0.6 is 0 Å². The van der Waals surface area contributed by atoms with Crippen molar-refractivity contribution in [1.29, 1.82) is 0 Å². The third-order valence-corrected chi connectivity index (χ3v) is 7.23. The van der Waals surface area contributed by atoms with Gasteiger partial charge < -0.3 is 4.74 Å². The predicted octanol–water partition coefficient (Wildman–Crippen LogP) is 1.15. The van der Waals surface area contributed by atoms with Gasteiger partial charge >= 0.3 is 5.97 Å². The molecule has 1 heterocycles. The number of imide groups is 1. The van der Waals surface area contributed by atoms with E-state index in [-0.39, 0.29) is 18.9 Å². The Balaban J connectivity index is 1.99. The molecule has 0 aromatic heterocycles.